The highest BCUT2D eigenvalue weighted by Gasteiger charge is 2.46. The summed E-state index contributed by atoms with van der Waals surface area (Å²) in [6.07, 6.45) is 12.3. The van der Waals surface area contributed by atoms with E-state index in [2.05, 4.69) is 105 Å². The van der Waals surface area contributed by atoms with Crippen molar-refractivity contribution in [2.75, 3.05) is 64.2 Å². The van der Waals surface area contributed by atoms with Crippen LogP contribution in [-0.4, -0.2) is 114 Å². The number of nitrogens with zero attached hydrogens (tertiary/aromatic N) is 5. The number of fused-ring (bicyclic) bond motifs is 3. The predicted octanol–water partition coefficient (Wildman–Crippen LogP) is 13.8. The second-order valence-electron chi connectivity index (χ2n) is 23.2. The molecule has 87 heavy (non-hydrogen) atoms. The average molecular weight is 1210 g/mol. The minimum absolute atomic E-state index is 0.0369. The van der Waals surface area contributed by atoms with Gasteiger partial charge in [-0.3, -0.25) is 29.6 Å². The molecule has 3 heterocycles. The summed E-state index contributed by atoms with van der Waals surface area (Å²) in [5, 5.41) is 30.6. The summed E-state index contributed by atoms with van der Waals surface area (Å²) in [5.41, 5.74) is 13.7. The molecule has 3 aliphatic rings. The van der Waals surface area contributed by atoms with E-state index >= 15 is 0 Å². The molecule has 18 nitrogen and oxygen atoms in total. The lowest BCUT2D eigenvalue weighted by Gasteiger charge is -2.27. The molecule has 466 valence electrons. The molecule has 0 aliphatic carbocycles. The summed E-state index contributed by atoms with van der Waals surface area (Å²) in [7, 11) is -4.39. The van der Waals surface area contributed by atoms with Crippen LogP contribution in [0.15, 0.2) is 144 Å². The van der Waals surface area contributed by atoms with E-state index in [4.69, 9.17) is 24.1 Å². The highest BCUT2D eigenvalue weighted by molar-refractivity contribution is 7.85. The third kappa shape index (κ3) is 17.6. The highest BCUT2D eigenvalue weighted by atomic mass is 32.2. The Hall–Kier alpha value is -7.52. The number of carboxylic acid groups (broad SMARTS) is 1. The smallest absolute Gasteiger partial charge is 0.303 e. The summed E-state index contributed by atoms with van der Waals surface area (Å²) in [5.74, 6) is -0.815. The quantitative estimate of drug-likeness (QED) is 0.0119. The zero-order valence-corrected chi connectivity index (χ0v) is 53.2. The molecule has 0 aromatic heterocycles. The lowest BCUT2D eigenvalue weighted by molar-refractivity contribution is -0.443. The van der Waals surface area contributed by atoms with Gasteiger partial charge in [0, 0.05) is 96.7 Å². The van der Waals surface area contributed by atoms with Gasteiger partial charge in [0.1, 0.15) is 13.2 Å². The molecule has 0 fully saturated rings. The molecule has 0 bridgehead atoms. The van der Waals surface area contributed by atoms with Gasteiger partial charge >= 0.3 is 5.97 Å². The van der Waals surface area contributed by atoms with Crippen molar-refractivity contribution in [3.8, 4) is 0 Å². The van der Waals surface area contributed by atoms with E-state index in [1.807, 2.05) is 52.0 Å². The second-order valence-corrected chi connectivity index (χ2v) is 24.6. The van der Waals surface area contributed by atoms with Crippen LogP contribution in [-0.2, 0) is 63.3 Å². The van der Waals surface area contributed by atoms with E-state index in [-0.39, 0.29) is 33.5 Å². The van der Waals surface area contributed by atoms with Crippen LogP contribution in [0.5, 0.6) is 0 Å². The SMILES string of the molecule is CC.CC1=[N+](CCOCCOCc2ccc([N+](=O)[O-])cc2)c2ccc(C)cc2C1(C)C.Cc1ccc2c(c1)C(C)(C)C(=CC=CC=CC1=[N+](CCCCCC(=O)O)c3ccc(S(=O)(=O)O)cc3C1(C)C)N2CCOCCOCc1ccc([N+](=O)[O-])cc1. The van der Waals surface area contributed by atoms with E-state index < -0.39 is 31.3 Å². The van der Waals surface area contributed by atoms with Crippen molar-refractivity contribution in [1.82, 2.24) is 0 Å². The van der Waals surface area contributed by atoms with E-state index in [1.165, 1.54) is 70.1 Å². The molecule has 3 aliphatic heterocycles. The number of benzene rings is 5. The molecular formula is C68H87N5O13S+2. The van der Waals surface area contributed by atoms with Gasteiger partial charge in [-0.25, -0.2) is 0 Å². The molecule has 8 rings (SSSR count). The van der Waals surface area contributed by atoms with Gasteiger partial charge in [-0.15, -0.1) is 0 Å². The van der Waals surface area contributed by atoms with E-state index in [0.29, 0.717) is 72.4 Å². The molecule has 5 aromatic rings. The van der Waals surface area contributed by atoms with Crippen molar-refractivity contribution in [1.29, 1.82) is 0 Å². The number of carbonyl (C=O) groups is 1. The molecular weight excluding hydrogens is 1130 g/mol. The first-order valence-corrected chi connectivity index (χ1v) is 31.2. The molecule has 0 saturated heterocycles. The van der Waals surface area contributed by atoms with Crippen LogP contribution in [0.4, 0.5) is 28.4 Å². The fraction of sp³-hybridized carbons (Fsp3) is 0.426. The van der Waals surface area contributed by atoms with Crippen LogP contribution in [0, 0.1) is 34.1 Å². The number of unbranched alkanes of at least 4 members (excludes halogenated alkanes) is 2. The monoisotopic (exact) mass is 1210 g/mol. The van der Waals surface area contributed by atoms with Crippen molar-refractivity contribution in [2.24, 2.45) is 0 Å². The summed E-state index contributed by atoms with van der Waals surface area (Å²) >= 11 is 0. The van der Waals surface area contributed by atoms with Gasteiger partial charge in [-0.1, -0.05) is 75.2 Å². The number of hydrogen-bond acceptors (Lipinski definition) is 12. The first-order chi connectivity index (χ1) is 41.3. The van der Waals surface area contributed by atoms with E-state index in [9.17, 15) is 38.0 Å². The van der Waals surface area contributed by atoms with Crippen LogP contribution in [0.1, 0.15) is 127 Å². The molecule has 0 atom stereocenters. The Morgan fingerprint density at radius 3 is 1.70 bits per heavy atom. The second kappa shape index (κ2) is 30.9. The number of anilines is 1. The Kier molecular flexibility index (Phi) is 24.4. The number of allylic oxidation sites excluding steroid dienone is 6. The first-order valence-electron chi connectivity index (χ1n) is 29.8. The molecule has 19 heteroatoms. The minimum atomic E-state index is -4.39. The molecule has 2 N–H and O–H groups in total. The maximum absolute atomic E-state index is 12.0. The number of ether oxygens (including phenoxy) is 4. The van der Waals surface area contributed by atoms with Gasteiger partial charge in [0.05, 0.1) is 71.8 Å². The summed E-state index contributed by atoms with van der Waals surface area (Å²) in [6.45, 7) is 29.2. The minimum Gasteiger partial charge on any atom is -0.481 e. The lowest BCUT2D eigenvalue weighted by Crippen LogP contribution is -2.29. The number of aliphatic carboxylic acids is 1. The maximum Gasteiger partial charge on any atom is 0.303 e. The molecule has 0 amide bonds. The molecule has 0 unspecified atom stereocenters. The Balaban J connectivity index is 0.000000326. The first kappa shape index (κ1) is 68.6. The van der Waals surface area contributed by atoms with Crippen LogP contribution in [0.2, 0.25) is 0 Å². The van der Waals surface area contributed by atoms with Crippen LogP contribution < -0.4 is 4.90 Å². The molecule has 0 radical (unpaired) electrons. The van der Waals surface area contributed by atoms with Crippen molar-refractivity contribution < 1.29 is 60.8 Å². The van der Waals surface area contributed by atoms with Gasteiger partial charge in [0.2, 0.25) is 11.4 Å². The normalized spacial score (nSPS) is 15.8. The van der Waals surface area contributed by atoms with Crippen LogP contribution >= 0.6 is 0 Å². The number of rotatable bonds is 28. The molecule has 0 spiro atoms. The van der Waals surface area contributed by atoms with Gasteiger partial charge in [0.15, 0.2) is 18.0 Å². The topological polar surface area (TPSA) is 224 Å². The summed E-state index contributed by atoms with van der Waals surface area (Å²) in [4.78, 5) is 33.9. The fourth-order valence-electron chi connectivity index (χ4n) is 11.1. The van der Waals surface area contributed by atoms with E-state index in [1.54, 1.807) is 30.3 Å². The zero-order valence-electron chi connectivity index (χ0n) is 52.3. The average Bonchev–Trinajstić information content (AvgIpc) is 1.68. The lowest BCUT2D eigenvalue weighted by atomic mass is 9.81. The van der Waals surface area contributed by atoms with Crippen molar-refractivity contribution >= 4 is 55.9 Å². The van der Waals surface area contributed by atoms with E-state index in [0.717, 1.165) is 58.9 Å². The van der Waals surface area contributed by atoms with Crippen molar-refractivity contribution in [3.05, 3.63) is 198 Å². The van der Waals surface area contributed by atoms with Crippen molar-refractivity contribution in [2.45, 2.75) is 136 Å². The van der Waals surface area contributed by atoms with Crippen LogP contribution in [0.3, 0.4) is 0 Å². The number of aryl methyl sites for hydroxylation is 2. The summed E-state index contributed by atoms with van der Waals surface area (Å²) in [6, 6.07) is 30.6. The Bertz CT molecular complexity index is 3510. The van der Waals surface area contributed by atoms with Gasteiger partial charge < -0.3 is 29.0 Å². The van der Waals surface area contributed by atoms with Gasteiger partial charge in [0.25, 0.3) is 21.5 Å². The number of nitro groups is 2. The number of carboxylic acids is 1. The van der Waals surface area contributed by atoms with Crippen molar-refractivity contribution in [3.63, 3.8) is 0 Å². The summed E-state index contributed by atoms with van der Waals surface area (Å²) < 4.78 is 61.4. The third-order valence-corrected chi connectivity index (χ3v) is 17.0. The Labute approximate surface area is 513 Å². The Morgan fingerprint density at radius 1 is 0.598 bits per heavy atom. The maximum atomic E-state index is 12.0. The van der Waals surface area contributed by atoms with Gasteiger partial charge in [-0.05, 0) is 126 Å². The number of hydrogen-bond donors (Lipinski definition) is 2. The third-order valence-electron chi connectivity index (χ3n) is 16.1. The van der Waals surface area contributed by atoms with Gasteiger partial charge in [-0.2, -0.15) is 17.6 Å². The number of non-ortho nitro benzene ring substituents is 2. The molecule has 0 saturated carbocycles. The number of nitro benzene ring substituents is 2. The standard InChI is InChI=1S/C43H51N3O9S.C23H29N2O4.C2H6/c1-31-15-21-37-35(28-31)42(2,3)40(45(37)24-25-54-26-27-55-30-32-16-18-33(19-17-32)46(49)50)13-9-6-8-12-39-43(4,5)36-29-34(56(51,52)53)20-22-38(36)44(39)23-11-7-10-14-41(47)48;1-17-5-10-22-21(15-17)23(3,4)18(2)24(22)11-12-28-13-14-29-16-19-6-8-20(9-7-19)25(26)27;1-2/h6,8-9,12-13,15-22,28-29H,7,10-11,14,23-27,30H2,1-5H3,(H-,47,48,51,52,53);5-10,15H,11-14,16H2,1-4H3;1-2H3/q;+1;/p+1. The highest BCUT2D eigenvalue weighted by Crippen LogP contribution is 2.48. The van der Waals surface area contributed by atoms with Crippen LogP contribution in [0.25, 0.3) is 0 Å². The zero-order chi connectivity index (χ0) is 63.7. The largest absolute Gasteiger partial charge is 0.481 e. The predicted molar refractivity (Wildman–Crippen MR) is 341 cm³/mol. The molecule has 5 aromatic carbocycles. The fourth-order valence-corrected chi connectivity index (χ4v) is 11.6. The Morgan fingerprint density at radius 2 is 1.13 bits per heavy atom.